The summed E-state index contributed by atoms with van der Waals surface area (Å²) in [7, 11) is -3.85. The van der Waals surface area contributed by atoms with Crippen LogP contribution in [0.5, 0.6) is 0 Å². The monoisotopic (exact) mass is 485 g/mol. The maximum Gasteiger partial charge on any atom is 0.452 e. The summed E-state index contributed by atoms with van der Waals surface area (Å²) in [6.07, 6.45) is -4.67. The van der Waals surface area contributed by atoms with Crippen molar-refractivity contribution in [1.29, 1.82) is 0 Å². The molecule has 0 spiro atoms. The molecule has 1 aromatic heterocycles. The molecule has 170 valence electrons. The van der Waals surface area contributed by atoms with E-state index in [4.69, 9.17) is 11.6 Å². The lowest BCUT2D eigenvalue weighted by atomic mass is 10.1. The third-order valence-electron chi connectivity index (χ3n) is 5.32. The third kappa shape index (κ3) is 4.48. The molecule has 1 aliphatic rings. The Bertz CT molecular complexity index is 1220. The number of hydrogen-bond acceptors (Lipinski definition) is 5. The van der Waals surface area contributed by atoms with Crippen molar-refractivity contribution < 1.29 is 26.1 Å². The molecule has 1 fully saturated rings. The van der Waals surface area contributed by atoms with E-state index < -0.39 is 22.0 Å². The molecular formula is C21H19ClF3N3O3S. The van der Waals surface area contributed by atoms with Crippen molar-refractivity contribution >= 4 is 27.3 Å². The maximum atomic E-state index is 13.3. The highest BCUT2D eigenvalue weighted by atomic mass is 35.5. The van der Waals surface area contributed by atoms with Crippen molar-refractivity contribution in [1.82, 2.24) is 9.46 Å². The number of halogens is 4. The van der Waals surface area contributed by atoms with Crippen LogP contribution in [0.1, 0.15) is 11.3 Å². The van der Waals surface area contributed by atoms with Crippen LogP contribution < -0.4 is 4.90 Å². The second-order valence-electron chi connectivity index (χ2n) is 7.42. The van der Waals surface area contributed by atoms with Gasteiger partial charge in [-0.15, -0.1) is 0 Å². The van der Waals surface area contributed by atoms with E-state index in [1.165, 1.54) is 16.4 Å². The van der Waals surface area contributed by atoms with Gasteiger partial charge in [0.1, 0.15) is 5.69 Å². The number of nitrogens with zero attached hydrogens (tertiary/aromatic N) is 3. The first-order chi connectivity index (χ1) is 15.1. The molecule has 3 aromatic rings. The fraction of sp³-hybridized carbons (Fsp3) is 0.286. The van der Waals surface area contributed by atoms with Gasteiger partial charge in [-0.05, 0) is 42.8 Å². The second kappa shape index (κ2) is 8.42. The van der Waals surface area contributed by atoms with E-state index in [2.05, 4.69) is 14.6 Å². The molecule has 0 bridgehead atoms. The van der Waals surface area contributed by atoms with Crippen LogP contribution in [0.25, 0.3) is 11.3 Å². The second-order valence-corrected chi connectivity index (χ2v) is 9.76. The van der Waals surface area contributed by atoms with Crippen molar-refractivity contribution in [2.45, 2.75) is 18.0 Å². The highest BCUT2D eigenvalue weighted by molar-refractivity contribution is 7.89. The number of sulfonamides is 1. The Morgan fingerprint density at radius 3 is 2.25 bits per heavy atom. The lowest BCUT2D eigenvalue weighted by molar-refractivity contribution is -0.155. The fourth-order valence-corrected chi connectivity index (χ4v) is 5.36. The smallest absolute Gasteiger partial charge is 0.369 e. The zero-order valence-electron chi connectivity index (χ0n) is 16.9. The van der Waals surface area contributed by atoms with Crippen molar-refractivity contribution in [2.24, 2.45) is 0 Å². The predicted molar refractivity (Wildman–Crippen MR) is 114 cm³/mol. The zero-order chi connectivity index (χ0) is 23.1. The van der Waals surface area contributed by atoms with Gasteiger partial charge in [0.15, 0.2) is 0 Å². The summed E-state index contributed by atoms with van der Waals surface area (Å²) in [6, 6.07) is 12.5. The molecule has 4 rings (SSSR count). The van der Waals surface area contributed by atoms with E-state index in [9.17, 15) is 21.6 Å². The Kier molecular flexibility index (Phi) is 5.95. The minimum atomic E-state index is -4.67. The summed E-state index contributed by atoms with van der Waals surface area (Å²) in [5.74, 6) is -1.24. The number of aryl methyl sites for hydroxylation is 1. The van der Waals surface area contributed by atoms with Crippen LogP contribution in [0.4, 0.5) is 18.9 Å². The van der Waals surface area contributed by atoms with E-state index in [-0.39, 0.29) is 29.2 Å². The molecule has 0 N–H and O–H groups in total. The highest BCUT2D eigenvalue weighted by Gasteiger charge is 2.36. The van der Waals surface area contributed by atoms with E-state index >= 15 is 0 Å². The Hall–Kier alpha value is -2.56. The lowest BCUT2D eigenvalue weighted by Crippen LogP contribution is -2.48. The van der Waals surface area contributed by atoms with Crippen molar-refractivity contribution in [3.05, 3.63) is 64.9 Å². The van der Waals surface area contributed by atoms with Gasteiger partial charge in [0.2, 0.25) is 15.8 Å². The predicted octanol–water partition coefficient (Wildman–Crippen LogP) is 4.83. The molecule has 0 saturated carbocycles. The largest absolute Gasteiger partial charge is 0.452 e. The number of rotatable bonds is 4. The van der Waals surface area contributed by atoms with Crippen LogP contribution in [0.3, 0.4) is 0 Å². The molecular weight excluding hydrogens is 467 g/mol. The molecule has 0 unspecified atom stereocenters. The van der Waals surface area contributed by atoms with Gasteiger partial charge in [-0.3, -0.25) is 0 Å². The normalized spacial score (nSPS) is 15.8. The number of piperazine rings is 1. The molecule has 0 radical (unpaired) electrons. The summed E-state index contributed by atoms with van der Waals surface area (Å²) in [6.45, 7) is 3.19. The Morgan fingerprint density at radius 2 is 1.66 bits per heavy atom. The van der Waals surface area contributed by atoms with E-state index in [0.717, 1.165) is 11.8 Å². The van der Waals surface area contributed by atoms with Crippen LogP contribution in [0.15, 0.2) is 57.9 Å². The Morgan fingerprint density at radius 1 is 1.00 bits per heavy atom. The molecule has 0 amide bonds. The average molecular weight is 486 g/mol. The van der Waals surface area contributed by atoms with Crippen molar-refractivity contribution in [3.8, 4) is 11.3 Å². The molecule has 2 heterocycles. The van der Waals surface area contributed by atoms with Crippen molar-refractivity contribution in [3.63, 3.8) is 0 Å². The highest BCUT2D eigenvalue weighted by Crippen LogP contribution is 2.33. The molecule has 2 aromatic carbocycles. The topological polar surface area (TPSA) is 66.7 Å². The van der Waals surface area contributed by atoms with E-state index in [1.807, 2.05) is 12.1 Å². The SMILES string of the molecule is Cc1ccc(-c2cc(C(F)(F)F)on2)cc1S(=O)(=O)N1CCN(c2ccc(Cl)cc2)CC1. The average Bonchev–Trinajstić information content (AvgIpc) is 3.25. The van der Waals surface area contributed by atoms with E-state index in [1.54, 1.807) is 25.1 Å². The first-order valence-corrected chi connectivity index (χ1v) is 11.5. The number of benzene rings is 2. The lowest BCUT2D eigenvalue weighted by Gasteiger charge is -2.35. The molecule has 1 saturated heterocycles. The van der Waals surface area contributed by atoms with Gasteiger partial charge in [-0.25, -0.2) is 8.42 Å². The summed E-state index contributed by atoms with van der Waals surface area (Å²) < 4.78 is 70.8. The van der Waals surface area contributed by atoms with E-state index in [0.29, 0.717) is 23.7 Å². The van der Waals surface area contributed by atoms with Crippen LogP contribution in [0.2, 0.25) is 5.02 Å². The third-order valence-corrected chi connectivity index (χ3v) is 7.61. The van der Waals surface area contributed by atoms with Gasteiger partial charge in [0, 0.05) is 48.5 Å². The first-order valence-electron chi connectivity index (χ1n) is 9.71. The zero-order valence-corrected chi connectivity index (χ0v) is 18.5. The molecule has 0 atom stereocenters. The van der Waals surface area contributed by atoms with Crippen molar-refractivity contribution in [2.75, 3.05) is 31.1 Å². The molecule has 1 aliphatic heterocycles. The van der Waals surface area contributed by atoms with Crippen LogP contribution in [-0.4, -0.2) is 44.1 Å². The maximum absolute atomic E-state index is 13.3. The molecule has 6 nitrogen and oxygen atoms in total. The number of hydrogen-bond donors (Lipinski definition) is 0. The summed E-state index contributed by atoms with van der Waals surface area (Å²) in [5.41, 5.74) is 1.60. The minimum absolute atomic E-state index is 0.0338. The van der Waals surface area contributed by atoms with Gasteiger partial charge in [0.05, 0.1) is 4.90 Å². The van der Waals surface area contributed by atoms with Gasteiger partial charge in [0.25, 0.3) is 0 Å². The summed E-state index contributed by atoms with van der Waals surface area (Å²) in [5, 5.41) is 4.07. The Balaban J connectivity index is 1.56. The summed E-state index contributed by atoms with van der Waals surface area (Å²) in [4.78, 5) is 2.10. The molecule has 11 heteroatoms. The Labute approximate surface area is 188 Å². The van der Waals surface area contributed by atoms with Crippen LogP contribution >= 0.6 is 11.6 Å². The summed E-state index contributed by atoms with van der Waals surface area (Å²) >= 11 is 5.92. The fourth-order valence-electron chi connectivity index (χ4n) is 3.56. The standard InChI is InChI=1S/C21H19ClF3N3O3S/c1-14-2-3-15(18-13-20(31-26-18)21(23,24)25)12-19(14)32(29,30)28-10-8-27(9-11-28)17-6-4-16(22)5-7-17/h2-7,12-13H,8-11H2,1H3. The van der Waals surface area contributed by atoms with Gasteiger partial charge in [-0.1, -0.05) is 28.9 Å². The molecule has 0 aliphatic carbocycles. The number of aromatic nitrogens is 1. The first kappa shape index (κ1) is 22.6. The number of alkyl halides is 3. The van der Waals surface area contributed by atoms with Gasteiger partial charge in [-0.2, -0.15) is 17.5 Å². The van der Waals surface area contributed by atoms with Crippen LogP contribution in [-0.2, 0) is 16.2 Å². The van der Waals surface area contributed by atoms with Gasteiger partial charge >= 0.3 is 6.18 Å². The number of anilines is 1. The molecule has 32 heavy (non-hydrogen) atoms. The minimum Gasteiger partial charge on any atom is -0.369 e. The quantitative estimate of drug-likeness (QED) is 0.529. The van der Waals surface area contributed by atoms with Gasteiger partial charge < -0.3 is 9.42 Å². The van der Waals surface area contributed by atoms with Crippen LogP contribution in [0, 0.1) is 6.92 Å².